The van der Waals surface area contributed by atoms with E-state index >= 15 is 0 Å². The molecule has 3 aromatic rings. The summed E-state index contributed by atoms with van der Waals surface area (Å²) >= 11 is 0. The Bertz CT molecular complexity index is 1090. The van der Waals surface area contributed by atoms with Gasteiger partial charge in [0.25, 0.3) is 0 Å². The highest BCUT2D eigenvalue weighted by Gasteiger charge is 2.16. The number of aryl methyl sites for hydroxylation is 2. The topological polar surface area (TPSA) is 109 Å². The van der Waals surface area contributed by atoms with Gasteiger partial charge < -0.3 is 10.6 Å². The monoisotopic (exact) mass is 416 g/mol. The third kappa shape index (κ3) is 5.69. The molecule has 3 N–H and O–H groups in total. The third-order valence-corrected chi connectivity index (χ3v) is 5.60. The number of hydrogen-bond acceptors (Lipinski definition) is 7. The second-order valence-corrected chi connectivity index (χ2v) is 8.12. The van der Waals surface area contributed by atoms with Gasteiger partial charge in [-0.15, -0.1) is 10.2 Å². The van der Waals surface area contributed by atoms with E-state index in [1.54, 1.807) is 25.3 Å². The van der Waals surface area contributed by atoms with Crippen molar-refractivity contribution in [1.82, 2.24) is 19.9 Å². The first-order chi connectivity index (χ1) is 13.8. The van der Waals surface area contributed by atoms with Gasteiger partial charge in [-0.05, 0) is 61.4 Å². The average Bonchev–Trinajstić information content (AvgIpc) is 2.68. The van der Waals surface area contributed by atoms with Crippen molar-refractivity contribution in [2.75, 3.05) is 23.7 Å². The predicted molar refractivity (Wildman–Crippen MR) is 109 cm³/mol. The minimum absolute atomic E-state index is 0.0718. The van der Waals surface area contributed by atoms with E-state index in [9.17, 15) is 12.8 Å². The van der Waals surface area contributed by atoms with Crippen LogP contribution in [0, 0.1) is 19.7 Å². The van der Waals surface area contributed by atoms with Crippen molar-refractivity contribution in [3.8, 4) is 0 Å². The van der Waals surface area contributed by atoms with Gasteiger partial charge in [-0.3, -0.25) is 0 Å². The Morgan fingerprint density at radius 3 is 2.41 bits per heavy atom. The van der Waals surface area contributed by atoms with Crippen molar-refractivity contribution in [2.24, 2.45) is 0 Å². The maximum absolute atomic E-state index is 13.3. The lowest BCUT2D eigenvalue weighted by molar-refractivity contribution is 0.578. The zero-order valence-electron chi connectivity index (χ0n) is 16.0. The quantitative estimate of drug-likeness (QED) is 0.485. The Balaban J connectivity index is 1.51. The molecule has 0 radical (unpaired) electrons. The van der Waals surface area contributed by atoms with Gasteiger partial charge in [0, 0.05) is 19.3 Å². The minimum atomic E-state index is -3.80. The maximum atomic E-state index is 13.3. The van der Waals surface area contributed by atoms with Crippen LogP contribution in [0.1, 0.15) is 11.1 Å². The summed E-state index contributed by atoms with van der Waals surface area (Å²) in [6.45, 7) is 3.97. The first kappa shape index (κ1) is 20.6. The minimum Gasteiger partial charge on any atom is -0.367 e. The molecular weight excluding hydrogens is 395 g/mol. The molecular formula is C19H21FN6O2S. The highest BCUT2D eigenvalue weighted by Crippen LogP contribution is 2.16. The first-order valence-electron chi connectivity index (χ1n) is 8.86. The van der Waals surface area contributed by atoms with Crippen LogP contribution in [0.5, 0.6) is 0 Å². The number of halogens is 1. The molecule has 2 heterocycles. The summed E-state index contributed by atoms with van der Waals surface area (Å²) in [5.41, 5.74) is 1.55. The van der Waals surface area contributed by atoms with Gasteiger partial charge in [0.2, 0.25) is 10.0 Å². The molecule has 3 rings (SSSR count). The van der Waals surface area contributed by atoms with Crippen LogP contribution in [-0.2, 0) is 10.0 Å². The molecule has 29 heavy (non-hydrogen) atoms. The van der Waals surface area contributed by atoms with Gasteiger partial charge in [0.05, 0.1) is 4.90 Å². The second kappa shape index (κ2) is 8.93. The summed E-state index contributed by atoms with van der Waals surface area (Å²) in [7, 11) is -3.80. The number of nitrogens with zero attached hydrogens (tertiary/aromatic N) is 3. The average molecular weight is 416 g/mol. The Kier molecular flexibility index (Phi) is 6.35. The van der Waals surface area contributed by atoms with Crippen molar-refractivity contribution in [1.29, 1.82) is 0 Å². The summed E-state index contributed by atoms with van der Waals surface area (Å²) in [5.74, 6) is 1.10. The van der Waals surface area contributed by atoms with E-state index in [0.717, 1.165) is 11.6 Å². The molecule has 0 aliphatic carbocycles. The molecule has 0 aliphatic heterocycles. The lowest BCUT2D eigenvalue weighted by Crippen LogP contribution is -2.29. The van der Waals surface area contributed by atoms with E-state index in [1.165, 1.54) is 12.1 Å². The van der Waals surface area contributed by atoms with Crippen molar-refractivity contribution in [3.05, 3.63) is 65.6 Å². The van der Waals surface area contributed by atoms with E-state index in [2.05, 4.69) is 30.5 Å². The van der Waals surface area contributed by atoms with Gasteiger partial charge in [0.15, 0.2) is 5.82 Å². The van der Waals surface area contributed by atoms with Gasteiger partial charge >= 0.3 is 0 Å². The van der Waals surface area contributed by atoms with Crippen LogP contribution in [-0.4, -0.2) is 36.7 Å². The lowest BCUT2D eigenvalue weighted by Gasteiger charge is -2.10. The van der Waals surface area contributed by atoms with Crippen molar-refractivity contribution in [3.63, 3.8) is 0 Å². The summed E-state index contributed by atoms with van der Waals surface area (Å²) in [6.07, 6.45) is 1.70. The van der Waals surface area contributed by atoms with Crippen LogP contribution < -0.4 is 15.4 Å². The molecule has 0 aliphatic rings. The molecule has 0 spiro atoms. The van der Waals surface area contributed by atoms with E-state index in [1.807, 2.05) is 19.1 Å². The molecule has 10 heteroatoms. The Morgan fingerprint density at radius 2 is 1.69 bits per heavy atom. The number of pyridine rings is 1. The largest absolute Gasteiger partial charge is 0.367 e. The highest BCUT2D eigenvalue weighted by atomic mass is 32.2. The number of nitrogens with one attached hydrogen (secondary N) is 3. The molecule has 0 saturated carbocycles. The van der Waals surface area contributed by atoms with Gasteiger partial charge in [-0.1, -0.05) is 6.07 Å². The molecule has 0 saturated heterocycles. The van der Waals surface area contributed by atoms with Crippen LogP contribution in [0.2, 0.25) is 0 Å². The van der Waals surface area contributed by atoms with Crippen LogP contribution in [0.4, 0.5) is 21.8 Å². The molecule has 0 fully saturated rings. The number of benzene rings is 1. The third-order valence-electron chi connectivity index (χ3n) is 4.00. The van der Waals surface area contributed by atoms with Crippen LogP contribution in [0.3, 0.4) is 0 Å². The normalized spacial score (nSPS) is 11.3. The summed E-state index contributed by atoms with van der Waals surface area (Å²) in [6, 6.07) is 10.9. The van der Waals surface area contributed by atoms with Crippen LogP contribution in [0.15, 0.2) is 53.6 Å². The van der Waals surface area contributed by atoms with E-state index in [0.29, 0.717) is 23.0 Å². The molecule has 8 nitrogen and oxygen atoms in total. The summed E-state index contributed by atoms with van der Waals surface area (Å²) < 4.78 is 40.4. The number of sulfonamides is 1. The SMILES string of the molecule is Cc1ccnc(Nc2ccc(NCCNS(=O)(=O)c3cc(F)ccc3C)nn2)c1. The standard InChI is InChI=1S/C19H21FN6O2S/c1-13-7-8-21-19(11-13)24-18-6-5-17(25-26-18)22-9-10-23-29(27,28)16-12-15(20)4-3-14(16)2/h3-8,11-12,23H,9-10H2,1-2H3,(H,22,25)(H,21,24,26). The van der Waals surface area contributed by atoms with E-state index < -0.39 is 15.8 Å². The van der Waals surface area contributed by atoms with Gasteiger partial charge in [0.1, 0.15) is 17.5 Å². The second-order valence-electron chi connectivity index (χ2n) is 6.38. The lowest BCUT2D eigenvalue weighted by atomic mass is 10.2. The molecule has 0 atom stereocenters. The number of hydrogen-bond donors (Lipinski definition) is 3. The fourth-order valence-corrected chi connectivity index (χ4v) is 3.83. The Labute approximate surface area is 168 Å². The van der Waals surface area contributed by atoms with E-state index in [4.69, 9.17) is 0 Å². The zero-order chi connectivity index (χ0) is 20.9. The van der Waals surface area contributed by atoms with Gasteiger partial charge in [-0.25, -0.2) is 22.5 Å². The zero-order valence-corrected chi connectivity index (χ0v) is 16.8. The number of rotatable bonds is 8. The Morgan fingerprint density at radius 1 is 0.931 bits per heavy atom. The smallest absolute Gasteiger partial charge is 0.240 e. The van der Waals surface area contributed by atoms with Crippen molar-refractivity contribution < 1.29 is 12.8 Å². The molecule has 0 unspecified atom stereocenters. The van der Waals surface area contributed by atoms with Gasteiger partial charge in [-0.2, -0.15) is 0 Å². The van der Waals surface area contributed by atoms with Crippen molar-refractivity contribution >= 4 is 27.5 Å². The molecule has 2 aromatic heterocycles. The van der Waals surface area contributed by atoms with Crippen LogP contribution >= 0.6 is 0 Å². The van der Waals surface area contributed by atoms with E-state index in [-0.39, 0.29) is 18.0 Å². The number of aromatic nitrogens is 3. The molecule has 1 aromatic carbocycles. The number of anilines is 3. The fourth-order valence-electron chi connectivity index (χ4n) is 2.55. The Hall–Kier alpha value is -3.11. The van der Waals surface area contributed by atoms with Crippen molar-refractivity contribution in [2.45, 2.75) is 18.7 Å². The maximum Gasteiger partial charge on any atom is 0.240 e. The molecule has 0 amide bonds. The highest BCUT2D eigenvalue weighted by molar-refractivity contribution is 7.89. The summed E-state index contributed by atoms with van der Waals surface area (Å²) in [4.78, 5) is 4.12. The molecule has 0 bridgehead atoms. The predicted octanol–water partition coefficient (Wildman–Crippen LogP) is 2.76. The fraction of sp³-hybridized carbons (Fsp3) is 0.211. The summed E-state index contributed by atoms with van der Waals surface area (Å²) in [5, 5.41) is 14.1. The van der Waals surface area contributed by atoms with Crippen LogP contribution in [0.25, 0.3) is 0 Å². The first-order valence-corrected chi connectivity index (χ1v) is 10.3. The molecule has 152 valence electrons.